The lowest BCUT2D eigenvalue weighted by Crippen LogP contribution is -2.21. The maximum Gasteiger partial charge on any atom is 0.273 e. The van der Waals surface area contributed by atoms with Gasteiger partial charge in [0.15, 0.2) is 0 Å². The van der Waals surface area contributed by atoms with Crippen LogP contribution in [0.25, 0.3) is 0 Å². The van der Waals surface area contributed by atoms with Gasteiger partial charge in [0.1, 0.15) is 0 Å². The number of carbonyl (C=O) groups excluding carboxylic acids is 2. The lowest BCUT2D eigenvalue weighted by molar-refractivity contribution is 0.0956. The van der Waals surface area contributed by atoms with Crippen molar-refractivity contribution in [1.29, 1.82) is 0 Å². The molecule has 3 aromatic rings. The Hall–Kier alpha value is -2.77. The summed E-state index contributed by atoms with van der Waals surface area (Å²) in [6.45, 7) is 4.06. The van der Waals surface area contributed by atoms with E-state index in [2.05, 4.69) is 31.8 Å². The Morgan fingerprint density at radius 1 is 1.04 bits per heavy atom. The van der Waals surface area contributed by atoms with Crippen molar-refractivity contribution in [3.05, 3.63) is 85.5 Å². The van der Waals surface area contributed by atoms with E-state index < -0.39 is 5.91 Å². The molecule has 1 aromatic heterocycles. The molecule has 0 fully saturated rings. The van der Waals surface area contributed by atoms with Gasteiger partial charge in [-0.05, 0) is 60.2 Å². The number of carbonyl (C=O) groups is 2. The molecule has 0 spiro atoms. The number of hydrogen-bond donors (Lipinski definition) is 2. The van der Waals surface area contributed by atoms with Crippen molar-refractivity contribution in [2.24, 2.45) is 5.10 Å². The molecule has 2 N–H and O–H groups in total. The van der Waals surface area contributed by atoms with E-state index in [1.807, 2.05) is 37.4 Å². The minimum atomic E-state index is -0.414. The Balaban J connectivity index is 1.75. The van der Waals surface area contributed by atoms with E-state index in [1.165, 1.54) is 16.9 Å². The van der Waals surface area contributed by atoms with Gasteiger partial charge in [-0.3, -0.25) is 9.59 Å². The fourth-order valence-electron chi connectivity index (χ4n) is 2.48. The summed E-state index contributed by atoms with van der Waals surface area (Å²) in [6, 6.07) is 14.6. The molecule has 0 unspecified atom stereocenters. The van der Waals surface area contributed by atoms with Crippen LogP contribution in [0.5, 0.6) is 0 Å². The van der Waals surface area contributed by atoms with Gasteiger partial charge in [0, 0.05) is 4.47 Å². The first-order valence-electron chi connectivity index (χ1n) is 8.49. The predicted octanol–water partition coefficient (Wildman–Crippen LogP) is 5.14. The van der Waals surface area contributed by atoms with Crippen LogP contribution >= 0.6 is 27.3 Å². The maximum absolute atomic E-state index is 12.6. The topological polar surface area (TPSA) is 70.6 Å². The SMILES string of the molecule is Cc1ccc(C=NNC(=O)c2cc(Br)ccc2NC(=O)c2cccs2)cc1C. The molecular formula is C21H18BrN3O2S. The monoisotopic (exact) mass is 455 g/mol. The van der Waals surface area contributed by atoms with Crippen molar-refractivity contribution >= 4 is 51.0 Å². The number of hydrogen-bond acceptors (Lipinski definition) is 4. The van der Waals surface area contributed by atoms with E-state index in [0.29, 0.717) is 16.1 Å². The lowest BCUT2D eigenvalue weighted by atomic mass is 10.1. The van der Waals surface area contributed by atoms with Gasteiger partial charge >= 0.3 is 0 Å². The first kappa shape index (κ1) is 20.0. The van der Waals surface area contributed by atoms with Crippen molar-refractivity contribution in [3.8, 4) is 0 Å². The second-order valence-electron chi connectivity index (χ2n) is 6.16. The highest BCUT2D eigenvalue weighted by Crippen LogP contribution is 2.22. The van der Waals surface area contributed by atoms with Gasteiger partial charge in [-0.1, -0.05) is 40.2 Å². The molecule has 0 aliphatic heterocycles. The average molecular weight is 456 g/mol. The zero-order chi connectivity index (χ0) is 20.1. The van der Waals surface area contributed by atoms with E-state index in [-0.39, 0.29) is 5.91 Å². The van der Waals surface area contributed by atoms with Crippen LogP contribution in [0.2, 0.25) is 0 Å². The first-order valence-corrected chi connectivity index (χ1v) is 10.2. The Morgan fingerprint density at radius 2 is 1.86 bits per heavy atom. The number of benzene rings is 2. The van der Waals surface area contributed by atoms with Crippen molar-refractivity contribution < 1.29 is 9.59 Å². The number of thiophene rings is 1. The van der Waals surface area contributed by atoms with Gasteiger partial charge in [-0.15, -0.1) is 11.3 Å². The number of rotatable bonds is 5. The molecule has 0 bridgehead atoms. The highest BCUT2D eigenvalue weighted by atomic mass is 79.9. The summed E-state index contributed by atoms with van der Waals surface area (Å²) in [5.41, 5.74) is 6.49. The first-order chi connectivity index (χ1) is 13.4. The third-order valence-corrected chi connectivity index (χ3v) is 5.49. The molecule has 28 heavy (non-hydrogen) atoms. The average Bonchev–Trinajstić information content (AvgIpc) is 3.21. The van der Waals surface area contributed by atoms with Crippen LogP contribution in [-0.2, 0) is 0 Å². The molecule has 0 aliphatic rings. The third-order valence-electron chi connectivity index (χ3n) is 4.13. The van der Waals surface area contributed by atoms with E-state index in [4.69, 9.17) is 0 Å². The zero-order valence-corrected chi connectivity index (χ0v) is 17.7. The second-order valence-corrected chi connectivity index (χ2v) is 8.03. The largest absolute Gasteiger partial charge is 0.321 e. The van der Waals surface area contributed by atoms with Crippen LogP contribution in [0.15, 0.2) is 63.5 Å². The molecule has 142 valence electrons. The van der Waals surface area contributed by atoms with Crippen LogP contribution in [0.3, 0.4) is 0 Å². The molecule has 7 heteroatoms. The smallest absolute Gasteiger partial charge is 0.273 e. The van der Waals surface area contributed by atoms with Crippen molar-refractivity contribution in [2.45, 2.75) is 13.8 Å². The van der Waals surface area contributed by atoms with E-state index in [9.17, 15) is 9.59 Å². The zero-order valence-electron chi connectivity index (χ0n) is 15.3. The van der Waals surface area contributed by atoms with Crippen LogP contribution < -0.4 is 10.7 Å². The van der Waals surface area contributed by atoms with Crippen molar-refractivity contribution in [1.82, 2.24) is 5.43 Å². The Morgan fingerprint density at radius 3 is 2.57 bits per heavy atom. The molecule has 1 heterocycles. The van der Waals surface area contributed by atoms with Gasteiger partial charge < -0.3 is 5.32 Å². The minimum Gasteiger partial charge on any atom is -0.321 e. The van der Waals surface area contributed by atoms with E-state index >= 15 is 0 Å². The van der Waals surface area contributed by atoms with Gasteiger partial charge in [0.2, 0.25) is 0 Å². The summed E-state index contributed by atoms with van der Waals surface area (Å²) in [5.74, 6) is -0.673. The highest BCUT2D eigenvalue weighted by molar-refractivity contribution is 9.10. The van der Waals surface area contributed by atoms with Crippen LogP contribution in [0.4, 0.5) is 5.69 Å². The molecule has 0 radical (unpaired) electrons. The Kier molecular flexibility index (Phi) is 6.38. The number of nitrogens with zero attached hydrogens (tertiary/aromatic N) is 1. The number of amides is 2. The third kappa shape index (κ3) is 4.94. The normalized spacial score (nSPS) is 10.8. The quantitative estimate of drug-likeness (QED) is 0.412. The summed E-state index contributed by atoms with van der Waals surface area (Å²) in [5, 5.41) is 8.64. The molecule has 0 saturated carbocycles. The van der Waals surface area contributed by atoms with Gasteiger partial charge in [-0.2, -0.15) is 5.10 Å². The molecule has 0 aliphatic carbocycles. The minimum absolute atomic E-state index is 0.259. The van der Waals surface area contributed by atoms with E-state index in [0.717, 1.165) is 15.6 Å². The summed E-state index contributed by atoms with van der Waals surface area (Å²) < 4.78 is 0.727. The molecule has 5 nitrogen and oxygen atoms in total. The molecule has 2 aromatic carbocycles. The summed E-state index contributed by atoms with van der Waals surface area (Å²) in [4.78, 5) is 25.5. The Labute approximate surface area is 175 Å². The van der Waals surface area contributed by atoms with Crippen LogP contribution in [0, 0.1) is 13.8 Å². The lowest BCUT2D eigenvalue weighted by Gasteiger charge is -2.10. The molecule has 0 saturated heterocycles. The second kappa shape index (κ2) is 8.95. The van der Waals surface area contributed by atoms with E-state index in [1.54, 1.807) is 36.5 Å². The molecule has 3 rings (SSSR count). The summed E-state index contributed by atoms with van der Waals surface area (Å²) in [6.07, 6.45) is 1.59. The number of anilines is 1. The van der Waals surface area contributed by atoms with Crippen LogP contribution in [-0.4, -0.2) is 18.0 Å². The van der Waals surface area contributed by atoms with Gasteiger partial charge in [0.05, 0.1) is 22.3 Å². The Bertz CT molecular complexity index is 1050. The summed E-state index contributed by atoms with van der Waals surface area (Å²) in [7, 11) is 0. The molecular weight excluding hydrogens is 438 g/mol. The number of aryl methyl sites for hydroxylation is 2. The maximum atomic E-state index is 12.6. The summed E-state index contributed by atoms with van der Waals surface area (Å²) >= 11 is 4.70. The standard InChI is InChI=1S/C21H18BrN3O2S/c1-13-5-6-15(10-14(13)2)12-23-25-20(26)17-11-16(22)7-8-18(17)24-21(27)19-4-3-9-28-19/h3-12H,1-2H3,(H,24,27)(H,25,26). The fourth-order valence-corrected chi connectivity index (χ4v) is 3.46. The van der Waals surface area contributed by atoms with Gasteiger partial charge in [-0.25, -0.2) is 5.43 Å². The molecule has 2 amide bonds. The fraction of sp³-hybridized carbons (Fsp3) is 0.0952. The predicted molar refractivity (Wildman–Crippen MR) is 117 cm³/mol. The van der Waals surface area contributed by atoms with Gasteiger partial charge in [0.25, 0.3) is 11.8 Å². The molecule has 0 atom stereocenters. The highest BCUT2D eigenvalue weighted by Gasteiger charge is 2.15. The number of halogens is 1. The van der Waals surface area contributed by atoms with Crippen molar-refractivity contribution in [2.75, 3.05) is 5.32 Å². The number of nitrogens with one attached hydrogen (secondary N) is 2. The van der Waals surface area contributed by atoms with Crippen molar-refractivity contribution in [3.63, 3.8) is 0 Å². The van der Waals surface area contributed by atoms with Crippen LogP contribution in [0.1, 0.15) is 36.7 Å². The number of hydrazone groups is 1.